The first-order valence-electron chi connectivity index (χ1n) is 6.90. The lowest BCUT2D eigenvalue weighted by atomic mass is 10.1. The number of sulfone groups is 1. The van der Waals surface area contributed by atoms with Gasteiger partial charge in [0.25, 0.3) is 5.91 Å². The standard InChI is InChI=1S/C14H19ClN2O3S/c1-3-21(19,20)11-4-5-13(15)12(8-11)14(18)17-7-6-16-10(2)9-17/h4-5,8,10,16H,3,6-7,9H2,1-2H3/t10-/m1/s1. The number of benzene rings is 1. The molecule has 0 radical (unpaired) electrons. The van der Waals surface area contributed by atoms with Gasteiger partial charge in [0.05, 0.1) is 21.2 Å². The van der Waals surface area contributed by atoms with Gasteiger partial charge in [-0.1, -0.05) is 18.5 Å². The molecule has 116 valence electrons. The zero-order chi connectivity index (χ0) is 15.6. The predicted octanol–water partition coefficient (Wildman–Crippen LogP) is 1.57. The summed E-state index contributed by atoms with van der Waals surface area (Å²) >= 11 is 6.08. The van der Waals surface area contributed by atoms with E-state index in [0.717, 1.165) is 6.54 Å². The van der Waals surface area contributed by atoms with Crippen molar-refractivity contribution in [3.05, 3.63) is 28.8 Å². The van der Waals surface area contributed by atoms with Crippen LogP contribution in [0.25, 0.3) is 0 Å². The summed E-state index contributed by atoms with van der Waals surface area (Å²) in [6, 6.07) is 4.52. The second kappa shape index (κ2) is 6.34. The van der Waals surface area contributed by atoms with Crippen LogP contribution < -0.4 is 5.32 Å². The third kappa shape index (κ3) is 3.56. The summed E-state index contributed by atoms with van der Waals surface area (Å²) in [5, 5.41) is 3.53. The zero-order valence-corrected chi connectivity index (χ0v) is 13.7. The van der Waals surface area contributed by atoms with Gasteiger partial charge in [-0.3, -0.25) is 4.79 Å². The smallest absolute Gasteiger partial charge is 0.255 e. The van der Waals surface area contributed by atoms with Crippen molar-refractivity contribution in [1.29, 1.82) is 0 Å². The van der Waals surface area contributed by atoms with Crippen LogP contribution in [-0.2, 0) is 9.84 Å². The maximum absolute atomic E-state index is 12.6. The average molecular weight is 331 g/mol. The highest BCUT2D eigenvalue weighted by atomic mass is 35.5. The maximum Gasteiger partial charge on any atom is 0.255 e. The molecule has 1 aromatic carbocycles. The molecular formula is C14H19ClN2O3S. The Morgan fingerprint density at radius 2 is 2.19 bits per heavy atom. The normalized spacial score (nSPS) is 19.6. The second-order valence-corrected chi connectivity index (χ2v) is 7.84. The van der Waals surface area contributed by atoms with Crippen LogP contribution in [0.2, 0.25) is 5.02 Å². The number of nitrogens with zero attached hydrogens (tertiary/aromatic N) is 1. The summed E-state index contributed by atoms with van der Waals surface area (Å²) in [5.41, 5.74) is 0.250. The van der Waals surface area contributed by atoms with Crippen molar-refractivity contribution in [2.45, 2.75) is 24.8 Å². The Balaban J connectivity index is 2.34. The van der Waals surface area contributed by atoms with E-state index in [1.165, 1.54) is 18.2 Å². The number of nitrogens with one attached hydrogen (secondary N) is 1. The van der Waals surface area contributed by atoms with E-state index in [9.17, 15) is 13.2 Å². The summed E-state index contributed by atoms with van der Waals surface area (Å²) in [4.78, 5) is 14.4. The van der Waals surface area contributed by atoms with Crippen molar-refractivity contribution < 1.29 is 13.2 Å². The van der Waals surface area contributed by atoms with Crippen LogP contribution in [0.5, 0.6) is 0 Å². The predicted molar refractivity (Wildman–Crippen MR) is 82.5 cm³/mol. The first-order valence-corrected chi connectivity index (χ1v) is 8.93. The number of hydrogen-bond acceptors (Lipinski definition) is 4. The number of amides is 1. The largest absolute Gasteiger partial charge is 0.336 e. The van der Waals surface area contributed by atoms with Crippen LogP contribution in [0.15, 0.2) is 23.1 Å². The van der Waals surface area contributed by atoms with Crippen LogP contribution in [-0.4, -0.2) is 50.7 Å². The van der Waals surface area contributed by atoms with Crippen LogP contribution >= 0.6 is 11.6 Å². The summed E-state index contributed by atoms with van der Waals surface area (Å²) < 4.78 is 23.9. The van der Waals surface area contributed by atoms with E-state index in [4.69, 9.17) is 11.6 Å². The quantitative estimate of drug-likeness (QED) is 0.913. The monoisotopic (exact) mass is 330 g/mol. The van der Waals surface area contributed by atoms with Crippen LogP contribution in [0.4, 0.5) is 0 Å². The highest BCUT2D eigenvalue weighted by Gasteiger charge is 2.24. The molecule has 21 heavy (non-hydrogen) atoms. The Labute approximate surface area is 130 Å². The van der Waals surface area contributed by atoms with Crippen molar-refractivity contribution in [2.24, 2.45) is 0 Å². The van der Waals surface area contributed by atoms with Gasteiger partial charge in [0.15, 0.2) is 9.84 Å². The van der Waals surface area contributed by atoms with E-state index in [0.29, 0.717) is 13.1 Å². The minimum absolute atomic E-state index is 0.00701. The van der Waals surface area contributed by atoms with Crippen molar-refractivity contribution in [1.82, 2.24) is 10.2 Å². The third-order valence-electron chi connectivity index (χ3n) is 3.56. The van der Waals surface area contributed by atoms with E-state index in [-0.39, 0.29) is 33.2 Å². The average Bonchev–Trinajstić information content (AvgIpc) is 2.47. The Morgan fingerprint density at radius 1 is 1.48 bits per heavy atom. The fraction of sp³-hybridized carbons (Fsp3) is 0.500. The van der Waals surface area contributed by atoms with E-state index in [1.54, 1.807) is 11.8 Å². The van der Waals surface area contributed by atoms with Crippen LogP contribution in [0, 0.1) is 0 Å². The molecule has 1 saturated heterocycles. The number of rotatable bonds is 3. The third-order valence-corrected chi connectivity index (χ3v) is 5.63. The number of carbonyl (C=O) groups excluding carboxylic acids is 1. The van der Waals surface area contributed by atoms with Gasteiger partial charge >= 0.3 is 0 Å². The van der Waals surface area contributed by atoms with E-state index in [1.807, 2.05) is 6.92 Å². The molecule has 1 aliphatic heterocycles. The van der Waals surface area contributed by atoms with Gasteiger partial charge in [-0.15, -0.1) is 0 Å². The van der Waals surface area contributed by atoms with Crippen molar-refractivity contribution in [3.63, 3.8) is 0 Å². The minimum atomic E-state index is -3.35. The molecule has 5 nitrogen and oxygen atoms in total. The van der Waals surface area contributed by atoms with Gasteiger partial charge in [0.2, 0.25) is 0 Å². The van der Waals surface area contributed by atoms with Crippen molar-refractivity contribution in [2.75, 3.05) is 25.4 Å². The van der Waals surface area contributed by atoms with Gasteiger partial charge in [-0.25, -0.2) is 8.42 Å². The fourth-order valence-electron chi connectivity index (χ4n) is 2.32. The highest BCUT2D eigenvalue weighted by Crippen LogP contribution is 2.23. The zero-order valence-electron chi connectivity index (χ0n) is 12.1. The van der Waals surface area contributed by atoms with Crippen LogP contribution in [0.3, 0.4) is 0 Å². The molecule has 0 aliphatic carbocycles. The molecule has 0 aromatic heterocycles. The molecule has 1 aliphatic rings. The summed E-state index contributed by atoms with van der Waals surface area (Å²) in [7, 11) is -3.35. The van der Waals surface area contributed by atoms with E-state index >= 15 is 0 Å². The molecule has 0 spiro atoms. The van der Waals surface area contributed by atoms with Gasteiger partial charge in [-0.05, 0) is 25.1 Å². The fourth-order valence-corrected chi connectivity index (χ4v) is 3.42. The first kappa shape index (κ1) is 16.3. The summed E-state index contributed by atoms with van der Waals surface area (Å²) in [6.45, 7) is 5.46. The lowest BCUT2D eigenvalue weighted by Crippen LogP contribution is -2.51. The van der Waals surface area contributed by atoms with Gasteiger partial charge in [-0.2, -0.15) is 0 Å². The highest BCUT2D eigenvalue weighted by molar-refractivity contribution is 7.91. The minimum Gasteiger partial charge on any atom is -0.336 e. The molecule has 1 aromatic rings. The lowest BCUT2D eigenvalue weighted by Gasteiger charge is -2.32. The van der Waals surface area contributed by atoms with Gasteiger partial charge in [0.1, 0.15) is 0 Å². The number of piperazine rings is 1. The molecule has 0 saturated carbocycles. The Morgan fingerprint density at radius 3 is 2.81 bits per heavy atom. The van der Waals surface area contributed by atoms with Gasteiger partial charge < -0.3 is 10.2 Å². The summed E-state index contributed by atoms with van der Waals surface area (Å²) in [6.07, 6.45) is 0. The van der Waals surface area contributed by atoms with Crippen molar-refractivity contribution >= 4 is 27.3 Å². The molecule has 1 amide bonds. The van der Waals surface area contributed by atoms with E-state index in [2.05, 4.69) is 5.32 Å². The van der Waals surface area contributed by atoms with Gasteiger partial charge in [0, 0.05) is 25.7 Å². The topological polar surface area (TPSA) is 66.5 Å². The summed E-state index contributed by atoms with van der Waals surface area (Å²) in [5.74, 6) is -0.228. The second-order valence-electron chi connectivity index (χ2n) is 5.15. The first-order chi connectivity index (χ1) is 9.85. The molecule has 1 atom stereocenters. The lowest BCUT2D eigenvalue weighted by molar-refractivity contribution is 0.0709. The molecule has 7 heteroatoms. The SMILES string of the molecule is CCS(=O)(=O)c1ccc(Cl)c(C(=O)N2CCN[C@H](C)C2)c1. The molecular weight excluding hydrogens is 312 g/mol. The number of halogens is 1. The Bertz CT molecular complexity index is 646. The molecule has 0 bridgehead atoms. The molecule has 0 unspecified atom stereocenters. The Hall–Kier alpha value is -1.11. The maximum atomic E-state index is 12.6. The van der Waals surface area contributed by atoms with Crippen molar-refractivity contribution in [3.8, 4) is 0 Å². The van der Waals surface area contributed by atoms with Crippen LogP contribution in [0.1, 0.15) is 24.2 Å². The molecule has 1 heterocycles. The Kier molecular flexibility index (Phi) is 4.91. The van der Waals surface area contributed by atoms with E-state index < -0.39 is 9.84 Å². The number of hydrogen-bond donors (Lipinski definition) is 1. The number of carbonyl (C=O) groups is 1. The molecule has 2 rings (SSSR count). The molecule has 1 fully saturated rings. The molecule has 1 N–H and O–H groups in total.